The number of fused-ring (bicyclic) bond motifs is 2. The van der Waals surface area contributed by atoms with Gasteiger partial charge in [0.15, 0.2) is 0 Å². The molecule has 0 radical (unpaired) electrons. The lowest BCUT2D eigenvalue weighted by atomic mass is 10.0. The number of nitrogens with zero attached hydrogens (tertiary/aromatic N) is 1. The van der Waals surface area contributed by atoms with Crippen molar-refractivity contribution in [2.24, 2.45) is 0 Å². The van der Waals surface area contributed by atoms with Gasteiger partial charge in [-0.3, -0.25) is 4.98 Å². The molecule has 0 spiro atoms. The van der Waals surface area contributed by atoms with Crippen LogP contribution in [0.25, 0.3) is 0 Å². The lowest BCUT2D eigenvalue weighted by molar-refractivity contribution is 0.345. The van der Waals surface area contributed by atoms with Gasteiger partial charge >= 0.3 is 0 Å². The van der Waals surface area contributed by atoms with Gasteiger partial charge in [-0.1, -0.05) is 11.6 Å². The molecule has 7 heteroatoms. The molecule has 0 amide bonds. The van der Waals surface area contributed by atoms with E-state index in [1.54, 1.807) is 0 Å². The van der Waals surface area contributed by atoms with Crippen LogP contribution in [0.1, 0.15) is 25.7 Å². The molecule has 19 heavy (non-hydrogen) atoms. The van der Waals surface area contributed by atoms with Gasteiger partial charge in [0.2, 0.25) is 10.0 Å². The lowest BCUT2D eigenvalue weighted by Crippen LogP contribution is -2.47. The molecule has 2 saturated heterocycles. The van der Waals surface area contributed by atoms with Gasteiger partial charge in [-0.05, 0) is 31.7 Å². The van der Waals surface area contributed by atoms with E-state index >= 15 is 0 Å². The fraction of sp³-hybridized carbons (Fsp3) is 0.583. The fourth-order valence-corrected chi connectivity index (χ4v) is 4.47. The molecule has 2 unspecified atom stereocenters. The molecule has 2 aliphatic rings. The second-order valence-corrected chi connectivity index (χ2v) is 7.42. The van der Waals surface area contributed by atoms with Gasteiger partial charge in [0.25, 0.3) is 0 Å². The summed E-state index contributed by atoms with van der Waals surface area (Å²) < 4.78 is 27.3. The summed E-state index contributed by atoms with van der Waals surface area (Å²) >= 11 is 5.79. The van der Waals surface area contributed by atoms with Crippen LogP contribution in [0.2, 0.25) is 5.02 Å². The minimum absolute atomic E-state index is 0.00253. The molecule has 104 valence electrons. The number of piperidine rings is 1. The minimum Gasteiger partial charge on any atom is -0.311 e. The third-order valence-electron chi connectivity index (χ3n) is 3.78. The van der Waals surface area contributed by atoms with Crippen LogP contribution in [0.15, 0.2) is 23.4 Å². The topological polar surface area (TPSA) is 71.1 Å². The summed E-state index contributed by atoms with van der Waals surface area (Å²) in [5.41, 5.74) is 0. The Balaban J connectivity index is 1.75. The monoisotopic (exact) mass is 301 g/mol. The Hall–Kier alpha value is -0.690. The molecular formula is C12H16ClN3O2S. The number of rotatable bonds is 3. The third kappa shape index (κ3) is 2.91. The SMILES string of the molecule is O=S(=O)(NC1CC2CCC(C1)N2)c1cncc(Cl)c1. The molecule has 1 aromatic rings. The third-order valence-corrected chi connectivity index (χ3v) is 5.48. The van der Waals surface area contributed by atoms with Gasteiger partial charge in [0.1, 0.15) is 4.90 Å². The van der Waals surface area contributed by atoms with E-state index in [9.17, 15) is 8.42 Å². The van der Waals surface area contributed by atoms with Crippen molar-refractivity contribution >= 4 is 21.6 Å². The summed E-state index contributed by atoms with van der Waals surface area (Å²) in [6.45, 7) is 0. The highest BCUT2D eigenvalue weighted by Gasteiger charge is 2.35. The molecule has 3 heterocycles. The van der Waals surface area contributed by atoms with E-state index in [2.05, 4.69) is 15.0 Å². The van der Waals surface area contributed by atoms with Crippen molar-refractivity contribution in [1.82, 2.24) is 15.0 Å². The summed E-state index contributed by atoms with van der Waals surface area (Å²) in [6.07, 6.45) is 6.73. The van der Waals surface area contributed by atoms with Crippen molar-refractivity contribution < 1.29 is 8.42 Å². The van der Waals surface area contributed by atoms with Crippen LogP contribution >= 0.6 is 11.6 Å². The van der Waals surface area contributed by atoms with Crippen LogP contribution < -0.4 is 10.0 Å². The van der Waals surface area contributed by atoms with E-state index in [4.69, 9.17) is 11.6 Å². The van der Waals surface area contributed by atoms with Crippen molar-refractivity contribution in [2.75, 3.05) is 0 Å². The highest BCUT2D eigenvalue weighted by molar-refractivity contribution is 7.89. The van der Waals surface area contributed by atoms with Gasteiger partial charge in [-0.25, -0.2) is 13.1 Å². The van der Waals surface area contributed by atoms with Gasteiger partial charge < -0.3 is 5.32 Å². The Bertz CT molecular complexity index is 566. The molecule has 0 aromatic carbocycles. The first-order chi connectivity index (χ1) is 9.03. The van der Waals surface area contributed by atoms with Crippen LogP contribution in [0.3, 0.4) is 0 Å². The van der Waals surface area contributed by atoms with E-state index in [1.807, 2.05) is 0 Å². The second kappa shape index (κ2) is 5.01. The van der Waals surface area contributed by atoms with Crippen LogP contribution in [0, 0.1) is 0 Å². The molecular weight excluding hydrogens is 286 g/mol. The van der Waals surface area contributed by atoms with Crippen LogP contribution in [0.4, 0.5) is 0 Å². The maximum atomic E-state index is 12.3. The normalized spacial score (nSPS) is 30.5. The summed E-state index contributed by atoms with van der Waals surface area (Å²) in [5, 5.41) is 3.81. The van der Waals surface area contributed by atoms with Gasteiger partial charge in [-0.15, -0.1) is 0 Å². The Morgan fingerprint density at radius 3 is 2.58 bits per heavy atom. The zero-order valence-corrected chi connectivity index (χ0v) is 11.9. The summed E-state index contributed by atoms with van der Waals surface area (Å²) in [6, 6.07) is 2.32. The first kappa shape index (κ1) is 13.3. The van der Waals surface area contributed by atoms with Crippen molar-refractivity contribution in [2.45, 2.75) is 48.7 Å². The average Bonchev–Trinajstić information content (AvgIpc) is 2.68. The average molecular weight is 302 g/mol. The Kier molecular flexibility index (Phi) is 3.51. The Morgan fingerprint density at radius 2 is 1.95 bits per heavy atom. The molecule has 2 aliphatic heterocycles. The smallest absolute Gasteiger partial charge is 0.242 e. The first-order valence-electron chi connectivity index (χ1n) is 6.42. The van der Waals surface area contributed by atoms with Gasteiger partial charge in [-0.2, -0.15) is 0 Å². The number of hydrogen-bond acceptors (Lipinski definition) is 4. The predicted molar refractivity (Wildman–Crippen MR) is 72.5 cm³/mol. The van der Waals surface area contributed by atoms with Gasteiger partial charge in [0, 0.05) is 30.5 Å². The highest BCUT2D eigenvalue weighted by Crippen LogP contribution is 2.27. The molecule has 2 N–H and O–H groups in total. The highest BCUT2D eigenvalue weighted by atomic mass is 35.5. The molecule has 2 fully saturated rings. The first-order valence-corrected chi connectivity index (χ1v) is 8.28. The minimum atomic E-state index is -3.53. The predicted octanol–water partition coefficient (Wildman–Crippen LogP) is 1.30. The number of nitrogens with one attached hydrogen (secondary N) is 2. The number of pyridine rings is 1. The number of halogens is 1. The number of sulfonamides is 1. The molecule has 5 nitrogen and oxygen atoms in total. The van der Waals surface area contributed by atoms with Crippen molar-refractivity contribution in [1.29, 1.82) is 0 Å². The molecule has 2 atom stereocenters. The molecule has 2 bridgehead atoms. The molecule has 0 saturated carbocycles. The van der Waals surface area contributed by atoms with E-state index in [1.165, 1.54) is 18.5 Å². The van der Waals surface area contributed by atoms with Gasteiger partial charge in [0.05, 0.1) is 5.02 Å². The second-order valence-electron chi connectivity index (χ2n) is 5.27. The fourth-order valence-electron chi connectivity index (χ4n) is 2.98. The van der Waals surface area contributed by atoms with E-state index in [0.29, 0.717) is 17.1 Å². The lowest BCUT2D eigenvalue weighted by Gasteiger charge is -2.29. The number of aromatic nitrogens is 1. The summed E-state index contributed by atoms with van der Waals surface area (Å²) in [7, 11) is -3.53. The zero-order valence-electron chi connectivity index (χ0n) is 10.3. The molecule has 1 aromatic heterocycles. The van der Waals surface area contributed by atoms with Crippen LogP contribution in [-0.4, -0.2) is 31.5 Å². The quantitative estimate of drug-likeness (QED) is 0.883. The van der Waals surface area contributed by atoms with Crippen molar-refractivity contribution in [3.63, 3.8) is 0 Å². The van der Waals surface area contributed by atoms with Crippen LogP contribution in [-0.2, 0) is 10.0 Å². The van der Waals surface area contributed by atoms with E-state index < -0.39 is 10.0 Å². The molecule has 3 rings (SSSR count). The maximum absolute atomic E-state index is 12.3. The standard InChI is InChI=1S/C12H16ClN3O2S/c13-8-3-12(7-14-6-8)19(17,18)16-11-4-9-1-2-10(5-11)15-9/h3,6-7,9-11,15-16H,1-2,4-5H2. The van der Waals surface area contributed by atoms with E-state index in [0.717, 1.165) is 25.7 Å². The van der Waals surface area contributed by atoms with Crippen molar-refractivity contribution in [3.05, 3.63) is 23.5 Å². The largest absolute Gasteiger partial charge is 0.311 e. The number of hydrogen-bond donors (Lipinski definition) is 2. The Morgan fingerprint density at radius 1 is 1.26 bits per heavy atom. The molecule has 0 aliphatic carbocycles. The van der Waals surface area contributed by atoms with Crippen molar-refractivity contribution in [3.8, 4) is 0 Å². The summed E-state index contributed by atoms with van der Waals surface area (Å²) in [5.74, 6) is 0. The zero-order chi connectivity index (χ0) is 13.5. The maximum Gasteiger partial charge on any atom is 0.242 e. The van der Waals surface area contributed by atoms with E-state index in [-0.39, 0.29) is 10.9 Å². The van der Waals surface area contributed by atoms with Crippen LogP contribution in [0.5, 0.6) is 0 Å². The Labute approximate surface area is 117 Å². The summed E-state index contributed by atoms with van der Waals surface area (Å²) in [4.78, 5) is 3.95.